The highest BCUT2D eigenvalue weighted by molar-refractivity contribution is 7.27. The van der Waals surface area contributed by atoms with Crippen LogP contribution in [0.2, 0.25) is 0 Å². The van der Waals surface area contributed by atoms with Crippen molar-refractivity contribution in [1.82, 2.24) is 18.3 Å². The van der Waals surface area contributed by atoms with Crippen LogP contribution in [-0.2, 0) is 0 Å². The summed E-state index contributed by atoms with van der Waals surface area (Å²) in [6, 6.07) is 159. The second-order valence-corrected chi connectivity index (χ2v) is 36.6. The molecule has 29 rings (SSSR count). The first-order valence-electron chi connectivity index (χ1n) is 43.7. The molecule has 8 heterocycles. The molecule has 0 bridgehead atoms. The lowest BCUT2D eigenvalue weighted by atomic mass is 9.98. The van der Waals surface area contributed by atoms with Gasteiger partial charge in [0.1, 0.15) is 11.2 Å². The van der Waals surface area contributed by atoms with Crippen LogP contribution in [0, 0.1) is 0 Å². The van der Waals surface area contributed by atoms with Crippen LogP contribution in [-0.4, -0.2) is 18.3 Å². The molecule has 0 saturated carbocycles. The fourth-order valence-corrected chi connectivity index (χ4v) is 25.0. The maximum Gasteiger partial charge on any atom is 0.143 e. The zero-order valence-electron chi connectivity index (χ0n) is 69.0. The van der Waals surface area contributed by atoms with Gasteiger partial charge in [0.25, 0.3) is 0 Å². The van der Waals surface area contributed by atoms with E-state index in [0.717, 1.165) is 38.8 Å². The molecule has 0 atom stereocenters. The van der Waals surface area contributed by atoms with Crippen LogP contribution >= 0.6 is 34.0 Å². The molecule has 0 unspecified atom stereocenters. The van der Waals surface area contributed by atoms with Crippen molar-refractivity contribution in [1.29, 1.82) is 0 Å². The highest BCUT2D eigenvalue weighted by atomic mass is 32.1. The monoisotopic (exact) mass is 1680 g/mol. The van der Waals surface area contributed by atoms with E-state index in [1.54, 1.807) is 0 Å². The third-order valence-electron chi connectivity index (χ3n) is 26.6. The van der Waals surface area contributed by atoms with Crippen LogP contribution < -0.4 is 0 Å². The number of hydrogen-bond acceptors (Lipinski definition) is 4. The van der Waals surface area contributed by atoms with Crippen molar-refractivity contribution in [3.05, 3.63) is 437 Å². The Kier molecular flexibility index (Phi) is 16.3. The topological polar surface area (TPSA) is 32.9 Å². The Bertz CT molecular complexity index is 9690. The van der Waals surface area contributed by atoms with E-state index in [1.807, 2.05) is 46.1 Å². The van der Waals surface area contributed by atoms with Gasteiger partial charge in [-0.3, -0.25) is 0 Å². The molecule has 0 aliphatic rings. The Hall–Kier alpha value is -15.9. The van der Waals surface area contributed by atoms with E-state index in [1.165, 1.54) is 219 Å². The normalized spacial score (nSPS) is 12.1. The first-order valence-corrected chi connectivity index (χ1v) is 46.1. The molecule has 5 nitrogen and oxygen atoms in total. The first kappa shape index (κ1) is 72.5. The van der Waals surface area contributed by atoms with Crippen molar-refractivity contribution in [2.24, 2.45) is 0 Å². The average molecular weight is 1680 g/mol. The van der Waals surface area contributed by atoms with Gasteiger partial charge in [-0.05, 0) is 152 Å². The molecule has 0 fully saturated rings. The van der Waals surface area contributed by atoms with Crippen LogP contribution in [0.4, 0.5) is 0 Å². The summed E-state index contributed by atoms with van der Waals surface area (Å²) < 4.78 is 24.4. The molecule has 596 valence electrons. The minimum absolute atomic E-state index is 0.919. The smallest absolute Gasteiger partial charge is 0.143 e. The number of nitrogens with zero attached hydrogens (tertiary/aromatic N) is 4. The van der Waals surface area contributed by atoms with Gasteiger partial charge in [0.2, 0.25) is 0 Å². The van der Waals surface area contributed by atoms with Gasteiger partial charge in [-0.1, -0.05) is 340 Å². The number of rotatable bonds is 7. The van der Waals surface area contributed by atoms with E-state index in [4.69, 9.17) is 4.42 Å². The van der Waals surface area contributed by atoms with E-state index >= 15 is 0 Å². The van der Waals surface area contributed by atoms with Crippen molar-refractivity contribution < 1.29 is 4.42 Å². The molecule has 8 heteroatoms. The van der Waals surface area contributed by atoms with Gasteiger partial charge in [-0.15, -0.1) is 34.0 Å². The Morgan fingerprint density at radius 3 is 1.24 bits per heavy atom. The highest BCUT2D eigenvalue weighted by Crippen LogP contribution is 2.53. The molecule has 0 radical (unpaired) electrons. The average Bonchev–Trinajstić information content (AvgIpc) is 1.54. The van der Waals surface area contributed by atoms with Crippen molar-refractivity contribution in [2.45, 2.75) is 0 Å². The third kappa shape index (κ3) is 10.9. The van der Waals surface area contributed by atoms with Crippen LogP contribution in [0.3, 0.4) is 0 Å². The first-order chi connectivity index (χ1) is 63.6. The number of benzene rings is 21. The van der Waals surface area contributed by atoms with Gasteiger partial charge < -0.3 is 22.7 Å². The lowest BCUT2D eigenvalue weighted by Crippen LogP contribution is -1.95. The summed E-state index contributed by atoms with van der Waals surface area (Å²) >= 11 is 5.70. The highest BCUT2D eigenvalue weighted by Gasteiger charge is 2.28. The number of hydrogen-bond donors (Lipinski definition) is 0. The summed E-state index contributed by atoms with van der Waals surface area (Å²) in [6.45, 7) is 0. The fourth-order valence-electron chi connectivity index (χ4n) is 21.2. The largest absolute Gasteiger partial charge is 0.455 e. The van der Waals surface area contributed by atoms with Gasteiger partial charge in [0, 0.05) is 128 Å². The van der Waals surface area contributed by atoms with Gasteiger partial charge >= 0.3 is 0 Å². The van der Waals surface area contributed by atoms with Crippen LogP contribution in [0.1, 0.15) is 0 Å². The van der Waals surface area contributed by atoms with E-state index in [0.29, 0.717) is 0 Å². The molecule has 29 aromatic rings. The standard InChI is InChI=1S/C40H24N2S.C40H23NOS.C40H25NS/c1-2-12-26(13-3-1)41-34-24-23-30-28-15-6-8-18-33(28)42(35-19-10-17-31-29-16-7-9-20-36(29)43-40(31)35)39(30)37(34)32-22-21-25-11-4-5-14-27(25)38(32)41;1-2-15-29-28(14-1)36-31-16-3-6-20-33(31)41(38(36)40-37(29)32-17-5-8-22-35(32)43-40)25-12-9-11-24(23-25)26-18-10-19-30-27-13-4-7-21-34(27)42-39(26)30;1-2-12-26(13-3-1)27-14-10-15-28(24-27)29-16-11-17-30(25-29)41-35-22-8-6-20-33(35)37-31-18-4-5-19-32(31)38-34-21-7-9-23-36(34)42-40(38)39(37)41/h1-24H;1-23H;1-25H. The van der Waals surface area contributed by atoms with Gasteiger partial charge in [0.05, 0.1) is 63.9 Å². The van der Waals surface area contributed by atoms with E-state index in [-0.39, 0.29) is 0 Å². The van der Waals surface area contributed by atoms with Crippen molar-refractivity contribution in [3.63, 3.8) is 0 Å². The third-order valence-corrected chi connectivity index (χ3v) is 30.2. The Morgan fingerprint density at radius 2 is 0.602 bits per heavy atom. The molecular formula is C120H72N4OS3. The Morgan fingerprint density at radius 1 is 0.188 bits per heavy atom. The summed E-state index contributed by atoms with van der Waals surface area (Å²) in [4.78, 5) is 0. The molecular weight excluding hydrogens is 1610 g/mol. The minimum atomic E-state index is 0.919. The lowest BCUT2D eigenvalue weighted by Gasteiger charge is -2.12. The molecule has 0 saturated heterocycles. The molecule has 0 spiro atoms. The maximum absolute atomic E-state index is 6.44. The van der Waals surface area contributed by atoms with Crippen molar-refractivity contribution >= 4 is 236 Å². The van der Waals surface area contributed by atoms with Crippen LogP contribution in [0.5, 0.6) is 0 Å². The molecule has 0 aliphatic heterocycles. The fraction of sp³-hybridized carbons (Fsp3) is 0. The summed E-state index contributed by atoms with van der Waals surface area (Å²) in [6.07, 6.45) is 0. The van der Waals surface area contributed by atoms with Gasteiger partial charge in [0.15, 0.2) is 0 Å². The number of thiophene rings is 3. The number of para-hydroxylation sites is 6. The van der Waals surface area contributed by atoms with Crippen LogP contribution in [0.15, 0.2) is 441 Å². The summed E-state index contributed by atoms with van der Waals surface area (Å²) in [5.41, 5.74) is 23.7. The minimum Gasteiger partial charge on any atom is -0.455 e. The van der Waals surface area contributed by atoms with E-state index in [9.17, 15) is 0 Å². The molecule has 0 amide bonds. The second kappa shape index (κ2) is 28.8. The Balaban J connectivity index is 0.0000000993. The summed E-state index contributed by atoms with van der Waals surface area (Å²) in [5, 5.41) is 28.4. The number of aromatic nitrogens is 4. The summed E-state index contributed by atoms with van der Waals surface area (Å²) in [5.74, 6) is 0. The Labute approximate surface area is 745 Å². The number of furan rings is 1. The van der Waals surface area contributed by atoms with E-state index < -0.39 is 0 Å². The van der Waals surface area contributed by atoms with Gasteiger partial charge in [-0.2, -0.15) is 0 Å². The predicted octanol–water partition coefficient (Wildman–Crippen LogP) is 34.9. The lowest BCUT2D eigenvalue weighted by molar-refractivity contribution is 0.670. The number of fused-ring (bicyclic) bond motifs is 35. The van der Waals surface area contributed by atoms with Crippen LogP contribution in [0.25, 0.3) is 258 Å². The van der Waals surface area contributed by atoms with E-state index in [2.05, 4.69) is 443 Å². The zero-order valence-corrected chi connectivity index (χ0v) is 71.4. The second-order valence-electron chi connectivity index (χ2n) is 33.5. The van der Waals surface area contributed by atoms with Gasteiger partial charge in [-0.25, -0.2) is 0 Å². The molecule has 0 N–H and O–H groups in total. The quantitative estimate of drug-likeness (QED) is 0.157. The maximum atomic E-state index is 6.44. The predicted molar refractivity (Wildman–Crippen MR) is 551 cm³/mol. The summed E-state index contributed by atoms with van der Waals surface area (Å²) in [7, 11) is 0. The van der Waals surface area contributed by atoms with Crippen molar-refractivity contribution in [2.75, 3.05) is 0 Å². The molecule has 8 aromatic heterocycles. The molecule has 128 heavy (non-hydrogen) atoms. The molecule has 0 aliphatic carbocycles. The van der Waals surface area contributed by atoms with Crippen molar-refractivity contribution in [3.8, 4) is 56.1 Å². The zero-order chi connectivity index (χ0) is 83.8. The SMILES string of the molecule is c1cc(-c2cccc3c2oc2ccccc23)cc(-n2c3ccccc3c3c4ccccc4c4c5ccccc5sc4c32)c1.c1ccc(-c2cccc(-c3cccc(-n4c5ccccc5c5c6ccccc6c6c7ccccc7sc6c54)c3)c2)cc1.c1ccc(-n2c3ccc4c5ccccc5n(-c5cccc6c5sc5ccccc56)c4c3c3ccc4ccccc4c32)cc1. The molecule has 21 aromatic carbocycles.